The molecule has 0 saturated carbocycles. The molecule has 0 aliphatic carbocycles. The zero-order valence-corrected chi connectivity index (χ0v) is 11.4. The predicted molar refractivity (Wildman–Crippen MR) is 74.7 cm³/mol. The molecule has 1 unspecified atom stereocenters. The molecule has 1 fully saturated rings. The van der Waals surface area contributed by atoms with Crippen LogP contribution in [0, 0.1) is 10.6 Å². The van der Waals surface area contributed by atoms with Gasteiger partial charge in [-0.25, -0.2) is 4.39 Å². The molecule has 1 aromatic carbocycles. The maximum Gasteiger partial charge on any atom is 0.216 e. The Bertz CT molecular complexity index is 670. The molecule has 1 aliphatic heterocycles. The molecule has 3 rings (SSSR count). The predicted octanol–water partition coefficient (Wildman–Crippen LogP) is 2.81. The Kier molecular flexibility index (Phi) is 3.70. The third-order valence-electron chi connectivity index (χ3n) is 3.09. The summed E-state index contributed by atoms with van der Waals surface area (Å²) in [5.74, 6) is 0.396. The third kappa shape index (κ3) is 2.68. The van der Waals surface area contributed by atoms with E-state index in [1.54, 1.807) is 23.0 Å². The van der Waals surface area contributed by atoms with Crippen LogP contribution in [-0.4, -0.2) is 27.7 Å². The molecule has 2 heterocycles. The SMILES string of the molecule is Fc1ccc(/C=N\n2c(C3CCCO3)n[nH]c2=S)cc1. The van der Waals surface area contributed by atoms with Crippen molar-refractivity contribution in [2.75, 3.05) is 6.61 Å². The fourth-order valence-electron chi connectivity index (χ4n) is 2.08. The topological polar surface area (TPSA) is 55.2 Å². The van der Waals surface area contributed by atoms with Gasteiger partial charge in [-0.05, 0) is 42.8 Å². The van der Waals surface area contributed by atoms with Crippen LogP contribution in [0.4, 0.5) is 4.39 Å². The van der Waals surface area contributed by atoms with Gasteiger partial charge in [-0.1, -0.05) is 12.1 Å². The van der Waals surface area contributed by atoms with Gasteiger partial charge < -0.3 is 4.74 Å². The minimum absolute atomic E-state index is 0.0756. The lowest BCUT2D eigenvalue weighted by Gasteiger charge is -2.07. The van der Waals surface area contributed by atoms with Crippen LogP contribution in [0.15, 0.2) is 29.4 Å². The lowest BCUT2D eigenvalue weighted by atomic mass is 10.2. The first-order valence-electron chi connectivity index (χ1n) is 6.33. The van der Waals surface area contributed by atoms with E-state index in [1.807, 2.05) is 0 Å². The average molecular weight is 292 g/mol. The fraction of sp³-hybridized carbons (Fsp3) is 0.308. The van der Waals surface area contributed by atoms with E-state index in [4.69, 9.17) is 17.0 Å². The van der Waals surface area contributed by atoms with Crippen molar-refractivity contribution in [1.82, 2.24) is 14.9 Å². The number of benzene rings is 1. The van der Waals surface area contributed by atoms with Crippen molar-refractivity contribution in [2.45, 2.75) is 18.9 Å². The molecule has 0 radical (unpaired) electrons. The summed E-state index contributed by atoms with van der Waals surface area (Å²) in [7, 11) is 0. The molecule has 0 bridgehead atoms. The van der Waals surface area contributed by atoms with Crippen LogP contribution in [0.1, 0.15) is 30.3 Å². The zero-order valence-electron chi connectivity index (χ0n) is 10.6. The molecule has 1 atom stereocenters. The van der Waals surface area contributed by atoms with Crippen LogP contribution in [0.25, 0.3) is 0 Å². The maximum atomic E-state index is 12.8. The lowest BCUT2D eigenvalue weighted by Crippen LogP contribution is -2.05. The van der Waals surface area contributed by atoms with E-state index in [-0.39, 0.29) is 11.9 Å². The normalized spacial score (nSPS) is 18.9. The number of aromatic amines is 1. The first-order chi connectivity index (χ1) is 9.74. The van der Waals surface area contributed by atoms with Crippen molar-refractivity contribution in [3.63, 3.8) is 0 Å². The second-order valence-electron chi connectivity index (χ2n) is 4.50. The lowest BCUT2D eigenvalue weighted by molar-refractivity contribution is 0.102. The van der Waals surface area contributed by atoms with Crippen LogP contribution in [0.2, 0.25) is 0 Å². The third-order valence-corrected chi connectivity index (χ3v) is 3.35. The van der Waals surface area contributed by atoms with Crippen molar-refractivity contribution < 1.29 is 9.13 Å². The Morgan fingerprint density at radius 2 is 2.25 bits per heavy atom. The standard InChI is InChI=1S/C13H13FN4OS/c14-10-5-3-9(4-6-10)8-15-18-12(16-17-13(18)20)11-2-1-7-19-11/h3-6,8,11H,1-2,7H2,(H,17,20)/b15-8-. The van der Waals surface area contributed by atoms with E-state index in [1.165, 1.54) is 12.1 Å². The number of hydrogen-bond acceptors (Lipinski definition) is 4. The van der Waals surface area contributed by atoms with Crippen LogP contribution in [0.3, 0.4) is 0 Å². The molecule has 5 nitrogen and oxygen atoms in total. The van der Waals surface area contributed by atoms with Crippen LogP contribution < -0.4 is 0 Å². The summed E-state index contributed by atoms with van der Waals surface area (Å²) in [5.41, 5.74) is 0.785. The number of nitrogens with zero attached hydrogens (tertiary/aromatic N) is 3. The van der Waals surface area contributed by atoms with Crippen molar-refractivity contribution in [2.24, 2.45) is 5.10 Å². The second-order valence-corrected chi connectivity index (χ2v) is 4.88. The van der Waals surface area contributed by atoms with Crippen molar-refractivity contribution in [3.05, 3.63) is 46.2 Å². The van der Waals surface area contributed by atoms with E-state index in [0.717, 1.165) is 25.0 Å². The Balaban J connectivity index is 1.88. The molecule has 0 amide bonds. The quantitative estimate of drug-likeness (QED) is 0.699. The highest BCUT2D eigenvalue weighted by atomic mass is 32.1. The highest BCUT2D eigenvalue weighted by Gasteiger charge is 2.23. The van der Waals surface area contributed by atoms with Gasteiger partial charge in [0.2, 0.25) is 4.77 Å². The summed E-state index contributed by atoms with van der Waals surface area (Å²) >= 11 is 5.16. The van der Waals surface area contributed by atoms with Gasteiger partial charge in [-0.15, -0.1) is 0 Å². The summed E-state index contributed by atoms with van der Waals surface area (Å²) in [5, 5.41) is 11.2. The van der Waals surface area contributed by atoms with Crippen molar-refractivity contribution in [1.29, 1.82) is 0 Å². The average Bonchev–Trinajstić information content (AvgIpc) is 3.08. The number of H-pyrrole nitrogens is 1. The minimum atomic E-state index is -0.276. The zero-order chi connectivity index (χ0) is 13.9. The van der Waals surface area contributed by atoms with Gasteiger partial charge in [-0.2, -0.15) is 14.9 Å². The Morgan fingerprint density at radius 1 is 1.45 bits per heavy atom. The Morgan fingerprint density at radius 3 is 2.95 bits per heavy atom. The molecule has 104 valence electrons. The van der Waals surface area contributed by atoms with E-state index in [9.17, 15) is 4.39 Å². The highest BCUT2D eigenvalue weighted by molar-refractivity contribution is 7.71. The summed E-state index contributed by atoms with van der Waals surface area (Å²) < 4.78 is 20.4. The molecule has 1 N–H and O–H groups in total. The molecule has 20 heavy (non-hydrogen) atoms. The second kappa shape index (κ2) is 5.64. The molecule has 1 aromatic heterocycles. The van der Waals surface area contributed by atoms with E-state index in [2.05, 4.69) is 15.3 Å². The Labute approximate surface area is 120 Å². The van der Waals surface area contributed by atoms with Crippen molar-refractivity contribution >= 4 is 18.4 Å². The molecular formula is C13H13FN4OS. The number of hydrogen-bond donors (Lipinski definition) is 1. The van der Waals surface area contributed by atoms with Crippen LogP contribution in [0.5, 0.6) is 0 Å². The maximum absolute atomic E-state index is 12.8. The molecule has 1 saturated heterocycles. The van der Waals surface area contributed by atoms with Gasteiger partial charge in [-0.3, -0.25) is 5.10 Å². The highest BCUT2D eigenvalue weighted by Crippen LogP contribution is 2.26. The monoisotopic (exact) mass is 292 g/mol. The number of rotatable bonds is 3. The smallest absolute Gasteiger partial charge is 0.216 e. The van der Waals surface area contributed by atoms with Gasteiger partial charge in [0.05, 0.1) is 6.21 Å². The summed E-state index contributed by atoms with van der Waals surface area (Å²) in [6, 6.07) is 6.07. The van der Waals surface area contributed by atoms with Gasteiger partial charge in [0, 0.05) is 6.61 Å². The molecule has 2 aromatic rings. The van der Waals surface area contributed by atoms with Crippen LogP contribution >= 0.6 is 12.2 Å². The largest absolute Gasteiger partial charge is 0.370 e. The first kappa shape index (κ1) is 13.1. The van der Waals surface area contributed by atoms with Crippen molar-refractivity contribution in [3.8, 4) is 0 Å². The first-order valence-corrected chi connectivity index (χ1v) is 6.74. The van der Waals surface area contributed by atoms with Gasteiger partial charge in [0.15, 0.2) is 5.82 Å². The van der Waals surface area contributed by atoms with E-state index >= 15 is 0 Å². The number of aromatic nitrogens is 3. The molecule has 1 aliphatic rings. The van der Waals surface area contributed by atoms with E-state index in [0.29, 0.717) is 10.6 Å². The minimum Gasteiger partial charge on any atom is -0.370 e. The van der Waals surface area contributed by atoms with Gasteiger partial charge in [0.25, 0.3) is 0 Å². The number of nitrogens with one attached hydrogen (secondary N) is 1. The molecule has 0 spiro atoms. The fourth-order valence-corrected chi connectivity index (χ4v) is 2.26. The summed E-state index contributed by atoms with van der Waals surface area (Å²) in [6.07, 6.45) is 3.45. The number of ether oxygens (including phenoxy) is 1. The Hall–Kier alpha value is -1.86. The molecular weight excluding hydrogens is 279 g/mol. The van der Waals surface area contributed by atoms with E-state index < -0.39 is 0 Å². The van der Waals surface area contributed by atoms with Gasteiger partial charge >= 0.3 is 0 Å². The van der Waals surface area contributed by atoms with Crippen LogP contribution in [-0.2, 0) is 4.74 Å². The summed E-state index contributed by atoms with van der Waals surface area (Å²) in [4.78, 5) is 0. The van der Waals surface area contributed by atoms with Gasteiger partial charge in [0.1, 0.15) is 11.9 Å². The number of halogens is 1. The molecule has 7 heteroatoms. The summed E-state index contributed by atoms with van der Waals surface area (Å²) in [6.45, 7) is 0.728.